The van der Waals surface area contributed by atoms with Gasteiger partial charge in [0.15, 0.2) is 6.29 Å². The summed E-state index contributed by atoms with van der Waals surface area (Å²) in [7, 11) is 0. The Morgan fingerprint density at radius 3 is 1.01 bits per heavy atom. The highest BCUT2D eigenvalue weighted by atomic mass is 16.7. The molecule has 0 radical (unpaired) electrons. The molecular formula is C87H176O4. The maximum atomic E-state index is 5.91. The van der Waals surface area contributed by atoms with Crippen LogP contribution in [0.5, 0.6) is 0 Å². The number of rotatable bonds is 4. The van der Waals surface area contributed by atoms with Gasteiger partial charge in [-0.2, -0.15) is 0 Å². The molecule has 3 heterocycles. The third-order valence-corrected chi connectivity index (χ3v) is 26.7. The van der Waals surface area contributed by atoms with Gasteiger partial charge in [-0.1, -0.05) is 265 Å². The average molecular weight is 1290 g/mol. The van der Waals surface area contributed by atoms with Gasteiger partial charge in [-0.15, -0.1) is 0 Å². The van der Waals surface area contributed by atoms with Gasteiger partial charge in [0.2, 0.25) is 0 Å². The summed E-state index contributed by atoms with van der Waals surface area (Å²) in [4.78, 5) is 0. The number of hydrogen-bond acceptors (Lipinski definition) is 4. The molecule has 0 aromatic carbocycles. The van der Waals surface area contributed by atoms with Crippen molar-refractivity contribution in [2.45, 2.75) is 405 Å². The fraction of sp³-hybridized carbons (Fsp3) is 1.00. The highest BCUT2D eigenvalue weighted by Crippen LogP contribution is 2.73. The van der Waals surface area contributed by atoms with Crippen LogP contribution in [0.3, 0.4) is 0 Å². The third kappa shape index (κ3) is 23.2. The quantitative estimate of drug-likeness (QED) is 0.263. The zero-order valence-corrected chi connectivity index (χ0v) is 64.6. The van der Waals surface area contributed by atoms with Crippen molar-refractivity contribution in [2.75, 3.05) is 26.4 Å². The van der Waals surface area contributed by atoms with Gasteiger partial charge in [0.25, 0.3) is 0 Å². The highest BCUT2D eigenvalue weighted by molar-refractivity contribution is 5.14. The molecule has 14 unspecified atom stereocenters. The second-order valence-electron chi connectivity index (χ2n) is 31.0. The molecule has 14 aliphatic carbocycles. The van der Waals surface area contributed by atoms with Crippen LogP contribution in [-0.4, -0.2) is 44.4 Å². The van der Waals surface area contributed by atoms with Crippen LogP contribution in [0, 0.1) is 129 Å². The molecule has 4 nitrogen and oxygen atoms in total. The summed E-state index contributed by atoms with van der Waals surface area (Å²) in [5.74, 6) is 22.6. The van der Waals surface area contributed by atoms with Crippen LogP contribution >= 0.6 is 0 Å². The predicted molar refractivity (Wildman–Crippen MR) is 408 cm³/mol. The largest absolute Gasteiger partial charge is 0.374 e. The summed E-state index contributed by atoms with van der Waals surface area (Å²) in [5, 5.41) is 0. The molecule has 14 saturated carbocycles. The summed E-state index contributed by atoms with van der Waals surface area (Å²) in [6.45, 7) is 53.1. The van der Waals surface area contributed by atoms with Gasteiger partial charge in [0, 0.05) is 22.7 Å². The van der Waals surface area contributed by atoms with Crippen molar-refractivity contribution in [3.8, 4) is 0 Å². The summed E-state index contributed by atoms with van der Waals surface area (Å²) < 4.78 is 23.3. The normalized spacial score (nSPS) is 39.9. The minimum absolute atomic E-state index is 0. The van der Waals surface area contributed by atoms with E-state index in [0.29, 0.717) is 17.9 Å². The van der Waals surface area contributed by atoms with E-state index in [1.807, 2.05) is 111 Å². The van der Waals surface area contributed by atoms with Crippen molar-refractivity contribution >= 4 is 0 Å². The van der Waals surface area contributed by atoms with Crippen LogP contribution in [0.25, 0.3) is 0 Å². The molecule has 17 fully saturated rings. The molecule has 16 atom stereocenters. The van der Waals surface area contributed by atoms with E-state index in [4.69, 9.17) is 18.9 Å². The molecule has 17 aliphatic rings. The van der Waals surface area contributed by atoms with Crippen molar-refractivity contribution in [3.63, 3.8) is 0 Å². The van der Waals surface area contributed by atoms with Crippen LogP contribution in [0.15, 0.2) is 0 Å². The lowest BCUT2D eigenvalue weighted by molar-refractivity contribution is -0.270. The van der Waals surface area contributed by atoms with Gasteiger partial charge in [0.1, 0.15) is 0 Å². The highest BCUT2D eigenvalue weighted by Gasteiger charge is 2.66. The third-order valence-electron chi connectivity index (χ3n) is 26.7. The minimum Gasteiger partial charge on any atom is -0.374 e. The molecule has 0 spiro atoms. The van der Waals surface area contributed by atoms with Crippen LogP contribution < -0.4 is 0 Å². The van der Waals surface area contributed by atoms with E-state index in [9.17, 15) is 0 Å². The first-order valence-corrected chi connectivity index (χ1v) is 41.3. The number of hydrogen-bond donors (Lipinski definition) is 0. The minimum atomic E-state index is -0.0197. The molecule has 3 saturated heterocycles. The Bertz CT molecular complexity index is 1570. The Labute approximate surface area is 577 Å². The molecule has 91 heavy (non-hydrogen) atoms. The van der Waals surface area contributed by atoms with Crippen molar-refractivity contribution in [1.29, 1.82) is 0 Å². The van der Waals surface area contributed by atoms with E-state index >= 15 is 0 Å². The molecule has 10 bridgehead atoms. The Kier molecular flexibility index (Phi) is 46.9. The molecule has 0 amide bonds. The monoisotopic (exact) mass is 1290 g/mol. The van der Waals surface area contributed by atoms with Gasteiger partial charge in [-0.3, -0.25) is 0 Å². The maximum absolute atomic E-state index is 5.91. The van der Waals surface area contributed by atoms with E-state index in [1.165, 1.54) is 82.9 Å². The summed E-state index contributed by atoms with van der Waals surface area (Å²) in [6, 6.07) is 0. The van der Waals surface area contributed by atoms with Crippen LogP contribution in [0.2, 0.25) is 0 Å². The fourth-order valence-electron chi connectivity index (χ4n) is 22.1. The van der Waals surface area contributed by atoms with Gasteiger partial charge in [0.05, 0.1) is 38.1 Å². The topological polar surface area (TPSA) is 36.9 Å². The Balaban J connectivity index is 0.00000102. The summed E-state index contributed by atoms with van der Waals surface area (Å²) in [6.07, 6.45) is 48.2. The van der Waals surface area contributed by atoms with Gasteiger partial charge < -0.3 is 18.9 Å². The Hall–Kier alpha value is -0.160. The SMILES string of the molecule is C.C.C.C1C2CC3CC1CC(C2)C3.C1CC2C(C1)C1CC2C2C3CCC(C3)C12.C1CC2CCC1C2.C1CCC2CC3CCCCC3CC2C1.CC.CC.CC.CC.CC.CC.CC.CC.CC1CO[C@]2(C)C(C)CO[C@H]12.CCC1(CC)COC(C(C)(C)CC)OC1. The fourth-order valence-corrected chi connectivity index (χ4v) is 22.1. The lowest BCUT2D eigenvalue weighted by atomic mass is 9.56. The van der Waals surface area contributed by atoms with Crippen LogP contribution in [0.4, 0.5) is 0 Å². The second kappa shape index (κ2) is 47.0. The zero-order chi connectivity index (χ0) is 65.8. The molecule has 0 aromatic heterocycles. The molecule has 548 valence electrons. The van der Waals surface area contributed by atoms with Gasteiger partial charge in [-0.05, 0) is 229 Å². The number of ether oxygens (including phenoxy) is 4. The molecule has 0 aromatic rings. The summed E-state index contributed by atoms with van der Waals surface area (Å²) >= 11 is 0. The molecule has 3 aliphatic heterocycles. The molecule has 0 N–H and O–H groups in total. The van der Waals surface area contributed by atoms with E-state index in [-0.39, 0.29) is 45.0 Å². The van der Waals surface area contributed by atoms with Crippen LogP contribution in [-0.2, 0) is 18.9 Å². The van der Waals surface area contributed by atoms with Crippen molar-refractivity contribution in [3.05, 3.63) is 0 Å². The predicted octanol–water partition coefficient (Wildman–Crippen LogP) is 28.3. The van der Waals surface area contributed by atoms with Gasteiger partial charge in [-0.25, -0.2) is 0 Å². The van der Waals surface area contributed by atoms with Crippen molar-refractivity contribution in [2.24, 2.45) is 129 Å². The average Bonchev–Trinajstić information content (AvgIpc) is 1.54. The first-order chi connectivity index (χ1) is 42.9. The maximum Gasteiger partial charge on any atom is 0.162 e. The van der Waals surface area contributed by atoms with Gasteiger partial charge >= 0.3 is 0 Å². The molecular weight excluding hydrogens is 1110 g/mol. The smallest absolute Gasteiger partial charge is 0.162 e. The lowest BCUT2D eigenvalue weighted by Gasteiger charge is -2.49. The van der Waals surface area contributed by atoms with Crippen molar-refractivity contribution in [1.82, 2.24) is 0 Å². The standard InChI is InChI=1S/C15H22.C14H24.C13H26O2.C10H16.C9H16O2.C7H12.8C2H6.3CH4/c1-2-10-11(3-1)13-7-12(10)14-8-4-5-9(6-8)15(13)14;1-2-6-12-10-14-8-4-3-7-13(14)9-11(12)5-1;1-6-12(4,5)11-14-9-13(7-2,8-3)10-15-11;1-7-2-9-4-8(1)5-10(3-7)6-9;1-6-4-11-9(3)7(2)5-10-8(6)9;1-2-7-4-3-6(1)5-7;8*1-2;;;/h8-15H,1-7H2;11-14H,1-10H2;11H,6-10H2,1-5H3;7-10H,1-6H2;6-8H,4-5H2,1-3H3;6-7H,1-5H2;8*1-2H3;3*1H4/t;;;;6?,7?,8-,9-;;;;;;;;;;;;/m....1............/s1. The van der Waals surface area contributed by atoms with E-state index in [2.05, 4.69) is 55.4 Å². The number of fused-ring (bicyclic) bond motifs is 17. The molecule has 4 heteroatoms. The lowest BCUT2D eigenvalue weighted by Crippen LogP contribution is -2.46. The van der Waals surface area contributed by atoms with E-state index in [0.717, 1.165) is 69.4 Å². The Morgan fingerprint density at radius 2 is 0.703 bits per heavy atom. The molecule has 17 rings (SSSR count). The summed E-state index contributed by atoms with van der Waals surface area (Å²) in [5.41, 5.74) is 0.410. The zero-order valence-electron chi connectivity index (χ0n) is 64.6. The first-order valence-electron chi connectivity index (χ1n) is 41.3. The van der Waals surface area contributed by atoms with Crippen LogP contribution in [0.1, 0.15) is 387 Å². The Morgan fingerprint density at radius 1 is 0.363 bits per heavy atom. The van der Waals surface area contributed by atoms with Crippen molar-refractivity contribution < 1.29 is 18.9 Å². The first kappa shape index (κ1) is 90.8. The van der Waals surface area contributed by atoms with E-state index < -0.39 is 0 Å². The second-order valence-corrected chi connectivity index (χ2v) is 31.0. The van der Waals surface area contributed by atoms with E-state index in [1.54, 1.807) is 180 Å².